The monoisotopic (exact) mass is 208 g/mol. The fraction of sp³-hybridized carbons (Fsp3) is 0.364. The molecule has 1 rings (SSSR count). The first-order chi connectivity index (χ1) is 7.27. The van der Waals surface area contributed by atoms with Crippen LogP contribution in [-0.2, 0) is 0 Å². The maximum atomic E-state index is 11.6. The Morgan fingerprint density at radius 2 is 2.20 bits per heavy atom. The molecule has 0 bridgehead atoms. The quantitative estimate of drug-likeness (QED) is 0.698. The summed E-state index contributed by atoms with van der Waals surface area (Å²) in [5.41, 5.74) is 0.616. The van der Waals surface area contributed by atoms with Gasteiger partial charge in [0.25, 0.3) is 5.91 Å². The normalized spacial score (nSPS) is 9.73. The molecule has 0 heterocycles. The highest BCUT2D eigenvalue weighted by Crippen LogP contribution is 2.11. The minimum atomic E-state index is -0.0795. The van der Waals surface area contributed by atoms with Crippen LogP contribution in [0.25, 0.3) is 0 Å². The van der Waals surface area contributed by atoms with Crippen LogP contribution in [0.1, 0.15) is 10.4 Å². The summed E-state index contributed by atoms with van der Waals surface area (Å²) >= 11 is 0. The molecule has 1 aromatic carbocycles. The van der Waals surface area contributed by atoms with Crippen molar-refractivity contribution in [2.24, 2.45) is 0 Å². The minimum absolute atomic E-state index is 0.0795. The van der Waals surface area contributed by atoms with Gasteiger partial charge in [-0.2, -0.15) is 0 Å². The highest BCUT2D eigenvalue weighted by Gasteiger charge is 2.04. The van der Waals surface area contributed by atoms with Gasteiger partial charge in [-0.25, -0.2) is 0 Å². The maximum Gasteiger partial charge on any atom is 0.251 e. The zero-order valence-electron chi connectivity index (χ0n) is 9.04. The van der Waals surface area contributed by atoms with Gasteiger partial charge in [0.15, 0.2) is 0 Å². The number of carbonyl (C=O) groups is 1. The Hall–Kier alpha value is -1.55. The first-order valence-electron chi connectivity index (χ1n) is 4.84. The predicted molar refractivity (Wildman–Crippen MR) is 59.3 cm³/mol. The van der Waals surface area contributed by atoms with Crippen LogP contribution >= 0.6 is 0 Å². The van der Waals surface area contributed by atoms with Crippen molar-refractivity contribution in [2.75, 3.05) is 27.2 Å². The second-order valence-corrected chi connectivity index (χ2v) is 3.09. The molecule has 4 nitrogen and oxygen atoms in total. The van der Waals surface area contributed by atoms with Crippen molar-refractivity contribution in [2.45, 2.75) is 0 Å². The van der Waals surface area contributed by atoms with Gasteiger partial charge in [0.05, 0.1) is 7.11 Å². The van der Waals surface area contributed by atoms with Gasteiger partial charge in [-0.05, 0) is 25.2 Å². The van der Waals surface area contributed by atoms with E-state index in [1.165, 1.54) is 0 Å². The summed E-state index contributed by atoms with van der Waals surface area (Å²) in [4.78, 5) is 11.6. The highest BCUT2D eigenvalue weighted by molar-refractivity contribution is 5.94. The van der Waals surface area contributed by atoms with E-state index in [0.717, 1.165) is 6.54 Å². The molecular formula is C11H16N2O2. The molecule has 0 radical (unpaired) electrons. The molecule has 0 unspecified atom stereocenters. The third-order valence-corrected chi connectivity index (χ3v) is 1.99. The van der Waals surface area contributed by atoms with Gasteiger partial charge in [0, 0.05) is 18.7 Å². The molecule has 0 fully saturated rings. The van der Waals surface area contributed by atoms with E-state index < -0.39 is 0 Å². The lowest BCUT2D eigenvalue weighted by Gasteiger charge is -2.06. The van der Waals surface area contributed by atoms with Crippen LogP contribution in [0.15, 0.2) is 24.3 Å². The third-order valence-electron chi connectivity index (χ3n) is 1.99. The molecule has 0 atom stereocenters. The summed E-state index contributed by atoms with van der Waals surface area (Å²) in [6.45, 7) is 1.38. The number of hydrogen-bond acceptors (Lipinski definition) is 3. The summed E-state index contributed by atoms with van der Waals surface area (Å²) in [6.07, 6.45) is 0. The van der Waals surface area contributed by atoms with E-state index >= 15 is 0 Å². The van der Waals surface area contributed by atoms with Crippen LogP contribution in [0, 0.1) is 0 Å². The number of rotatable bonds is 5. The summed E-state index contributed by atoms with van der Waals surface area (Å²) in [5.74, 6) is 0.611. The molecule has 1 aromatic rings. The molecule has 2 N–H and O–H groups in total. The molecule has 0 aromatic heterocycles. The lowest BCUT2D eigenvalue weighted by atomic mass is 10.2. The Morgan fingerprint density at radius 1 is 1.40 bits per heavy atom. The van der Waals surface area contributed by atoms with Crippen molar-refractivity contribution in [3.63, 3.8) is 0 Å². The first-order valence-corrected chi connectivity index (χ1v) is 4.84. The molecule has 0 aliphatic carbocycles. The molecule has 15 heavy (non-hydrogen) atoms. The molecule has 0 spiro atoms. The zero-order chi connectivity index (χ0) is 11.1. The van der Waals surface area contributed by atoms with Gasteiger partial charge in [0.2, 0.25) is 0 Å². The largest absolute Gasteiger partial charge is 0.497 e. The fourth-order valence-corrected chi connectivity index (χ4v) is 1.17. The van der Waals surface area contributed by atoms with E-state index in [-0.39, 0.29) is 5.91 Å². The number of nitrogens with one attached hydrogen (secondary N) is 2. The Kier molecular flexibility index (Phi) is 4.63. The van der Waals surface area contributed by atoms with Crippen LogP contribution in [0.5, 0.6) is 5.75 Å². The number of hydrogen-bond donors (Lipinski definition) is 2. The van der Waals surface area contributed by atoms with Crippen LogP contribution < -0.4 is 15.4 Å². The summed E-state index contributed by atoms with van der Waals surface area (Å²) in [5, 5.41) is 5.75. The molecule has 0 saturated carbocycles. The van der Waals surface area contributed by atoms with Crippen molar-refractivity contribution in [3.8, 4) is 5.75 Å². The van der Waals surface area contributed by atoms with E-state index in [2.05, 4.69) is 10.6 Å². The summed E-state index contributed by atoms with van der Waals surface area (Å²) in [6, 6.07) is 7.09. The average molecular weight is 208 g/mol. The maximum absolute atomic E-state index is 11.6. The van der Waals surface area contributed by atoms with Crippen molar-refractivity contribution in [1.29, 1.82) is 0 Å². The number of benzene rings is 1. The zero-order valence-corrected chi connectivity index (χ0v) is 9.04. The summed E-state index contributed by atoms with van der Waals surface area (Å²) < 4.78 is 5.04. The Balaban J connectivity index is 2.57. The minimum Gasteiger partial charge on any atom is -0.497 e. The van der Waals surface area contributed by atoms with Gasteiger partial charge < -0.3 is 15.4 Å². The molecule has 4 heteroatoms. The van der Waals surface area contributed by atoms with Crippen LogP contribution in [0.2, 0.25) is 0 Å². The van der Waals surface area contributed by atoms with Crippen LogP contribution in [-0.4, -0.2) is 33.2 Å². The number of likely N-dealkylation sites (N-methyl/N-ethyl adjacent to an activating group) is 1. The standard InChI is InChI=1S/C11H16N2O2/c1-12-6-7-13-11(14)9-4-3-5-10(8-9)15-2/h3-5,8,12H,6-7H2,1-2H3,(H,13,14). The molecule has 82 valence electrons. The van der Waals surface area contributed by atoms with Gasteiger partial charge >= 0.3 is 0 Å². The van der Waals surface area contributed by atoms with Gasteiger partial charge in [-0.3, -0.25) is 4.79 Å². The van der Waals surface area contributed by atoms with Crippen molar-refractivity contribution in [3.05, 3.63) is 29.8 Å². The van der Waals surface area contributed by atoms with Crippen molar-refractivity contribution < 1.29 is 9.53 Å². The van der Waals surface area contributed by atoms with Crippen LogP contribution in [0.4, 0.5) is 0 Å². The number of methoxy groups -OCH3 is 1. The molecule has 1 amide bonds. The van der Waals surface area contributed by atoms with Crippen molar-refractivity contribution >= 4 is 5.91 Å². The Labute approximate surface area is 89.6 Å². The average Bonchev–Trinajstić information content (AvgIpc) is 2.29. The lowest BCUT2D eigenvalue weighted by Crippen LogP contribution is -2.30. The predicted octanol–water partition coefficient (Wildman–Crippen LogP) is 0.644. The van der Waals surface area contributed by atoms with Gasteiger partial charge in [-0.1, -0.05) is 6.07 Å². The van der Waals surface area contributed by atoms with E-state index in [1.54, 1.807) is 25.3 Å². The first kappa shape index (κ1) is 11.5. The summed E-state index contributed by atoms with van der Waals surface area (Å²) in [7, 11) is 3.43. The topological polar surface area (TPSA) is 50.4 Å². The smallest absolute Gasteiger partial charge is 0.251 e. The van der Waals surface area contributed by atoms with E-state index in [1.807, 2.05) is 13.1 Å². The highest BCUT2D eigenvalue weighted by atomic mass is 16.5. The van der Waals surface area contributed by atoms with Crippen molar-refractivity contribution in [1.82, 2.24) is 10.6 Å². The third kappa shape index (κ3) is 3.59. The van der Waals surface area contributed by atoms with Crippen LogP contribution in [0.3, 0.4) is 0 Å². The number of ether oxygens (including phenoxy) is 1. The SMILES string of the molecule is CNCCNC(=O)c1cccc(OC)c1. The van der Waals surface area contributed by atoms with E-state index in [9.17, 15) is 4.79 Å². The number of carbonyl (C=O) groups excluding carboxylic acids is 1. The lowest BCUT2D eigenvalue weighted by molar-refractivity contribution is 0.0954. The Morgan fingerprint density at radius 3 is 2.87 bits per heavy atom. The fourth-order valence-electron chi connectivity index (χ4n) is 1.17. The Bertz CT molecular complexity index is 326. The second kappa shape index (κ2) is 6.03. The molecule has 0 aliphatic rings. The second-order valence-electron chi connectivity index (χ2n) is 3.09. The molecular weight excluding hydrogens is 192 g/mol. The van der Waals surface area contributed by atoms with E-state index in [4.69, 9.17) is 4.74 Å². The molecule has 0 saturated heterocycles. The van der Waals surface area contributed by atoms with Gasteiger partial charge in [-0.15, -0.1) is 0 Å². The van der Waals surface area contributed by atoms with Gasteiger partial charge in [0.1, 0.15) is 5.75 Å². The molecule has 0 aliphatic heterocycles. The van der Waals surface area contributed by atoms with E-state index in [0.29, 0.717) is 17.9 Å². The number of amides is 1.